The molecule has 1 aliphatic carbocycles. The Bertz CT molecular complexity index is 2550. The summed E-state index contributed by atoms with van der Waals surface area (Å²) >= 11 is 16.6. The van der Waals surface area contributed by atoms with E-state index >= 15 is 0 Å². The molecule has 0 amide bonds. The molecule has 0 N–H and O–H groups in total. The summed E-state index contributed by atoms with van der Waals surface area (Å²) in [5.41, 5.74) is 12.1. The molecule has 1 radical (unpaired) electrons. The molecular weight excluding hydrogens is 1040 g/mol. The lowest BCUT2D eigenvalue weighted by molar-refractivity contribution is 0.399. The zero-order valence-corrected chi connectivity index (χ0v) is 47.3. The summed E-state index contributed by atoms with van der Waals surface area (Å²) in [5.74, 6) is 0. The van der Waals surface area contributed by atoms with Gasteiger partial charge < -0.3 is 0 Å². The average Bonchev–Trinajstić information content (AvgIpc) is 4.22. The Kier molecular flexibility index (Phi) is 20.4. The number of thiophene rings is 4. The number of benzene rings is 2. The number of rotatable bonds is 31. The van der Waals surface area contributed by atoms with Gasteiger partial charge >= 0.3 is 0 Å². The minimum atomic E-state index is 0.0462. The summed E-state index contributed by atoms with van der Waals surface area (Å²) in [6.07, 6.45) is 30.9. The highest BCUT2D eigenvalue weighted by molar-refractivity contribution is 9.09. The number of aryl methyl sites for hydroxylation is 2. The van der Waals surface area contributed by atoms with Crippen LogP contribution >= 0.6 is 88.9 Å². The van der Waals surface area contributed by atoms with Crippen molar-refractivity contribution in [3.63, 3.8) is 0 Å². The third-order valence-corrected chi connectivity index (χ3v) is 20.6. The molecule has 0 saturated carbocycles. The molecule has 2 nitrogen and oxygen atoms in total. The van der Waals surface area contributed by atoms with E-state index in [4.69, 9.17) is 8.75 Å². The van der Waals surface area contributed by atoms with E-state index < -0.39 is 0 Å². The van der Waals surface area contributed by atoms with Crippen LogP contribution in [0.5, 0.6) is 0 Å². The molecule has 8 rings (SSSR count). The topological polar surface area (TPSA) is 25.8 Å². The highest BCUT2D eigenvalue weighted by Crippen LogP contribution is 2.61. The molecule has 5 heterocycles. The van der Waals surface area contributed by atoms with E-state index in [9.17, 15) is 0 Å². The van der Waals surface area contributed by atoms with Gasteiger partial charge in [0.05, 0.1) is 17.2 Å². The van der Waals surface area contributed by atoms with Crippen molar-refractivity contribution < 1.29 is 0 Å². The molecule has 0 fully saturated rings. The van der Waals surface area contributed by atoms with Gasteiger partial charge in [0.15, 0.2) is 0 Å². The number of aromatic nitrogens is 2. The van der Waals surface area contributed by atoms with E-state index in [1.54, 1.807) is 11.1 Å². The normalized spacial score (nSPS) is 13.0. The van der Waals surface area contributed by atoms with Crippen LogP contribution < -0.4 is 10.2 Å². The van der Waals surface area contributed by atoms with Gasteiger partial charge in [-0.05, 0) is 114 Å². The second kappa shape index (κ2) is 26.5. The number of halogens is 2. The van der Waals surface area contributed by atoms with Crippen molar-refractivity contribution in [3.05, 3.63) is 94.4 Å². The van der Waals surface area contributed by atoms with E-state index in [0.29, 0.717) is 0 Å². The molecule has 1 aliphatic rings. The summed E-state index contributed by atoms with van der Waals surface area (Å²) in [4.78, 5) is 8.62. The molecule has 5 aromatic heterocycles. The fraction of sp³-hybridized carbons (Fsp3) is 0.509. The molecule has 67 heavy (non-hydrogen) atoms. The van der Waals surface area contributed by atoms with Crippen molar-refractivity contribution >= 4 is 117 Å². The van der Waals surface area contributed by atoms with Crippen LogP contribution in [-0.2, 0) is 18.3 Å². The van der Waals surface area contributed by atoms with Crippen LogP contribution in [0, 0.1) is 0 Å². The number of hydrogen-bond acceptors (Lipinski definition) is 7. The van der Waals surface area contributed by atoms with Crippen LogP contribution in [0.15, 0.2) is 72.1 Å². The molecular formula is C57H70BBr2N2S5. The zero-order chi connectivity index (χ0) is 46.3. The molecule has 355 valence electrons. The van der Waals surface area contributed by atoms with E-state index in [1.807, 2.05) is 45.3 Å². The van der Waals surface area contributed by atoms with Crippen molar-refractivity contribution in [2.75, 3.05) is 10.7 Å². The highest BCUT2D eigenvalue weighted by Gasteiger charge is 2.45. The summed E-state index contributed by atoms with van der Waals surface area (Å²) in [5, 5.41) is 4.65. The molecule has 0 aliphatic heterocycles. The number of alkyl halides is 2. The van der Waals surface area contributed by atoms with Gasteiger partial charge in [0.2, 0.25) is 7.28 Å². The molecule has 0 unspecified atom stereocenters. The third kappa shape index (κ3) is 13.0. The Morgan fingerprint density at radius 2 is 1.13 bits per heavy atom. The van der Waals surface area contributed by atoms with Crippen LogP contribution in [0.1, 0.15) is 177 Å². The number of hydrogen-bond donors (Lipinski definition) is 0. The summed E-state index contributed by atoms with van der Waals surface area (Å²) in [6, 6.07) is 26.1. The van der Waals surface area contributed by atoms with Crippen molar-refractivity contribution in [1.29, 1.82) is 0 Å². The van der Waals surface area contributed by atoms with Gasteiger partial charge in [-0.1, -0.05) is 196 Å². The standard InChI is InChI=1S/C57H70BBr2N2S5/c1-3-5-7-18-26-41-36-50(63-40-41)51-37-43(29-19-8-6-4-2)56(66-51)58-47-31-30-44(52-53(47)62-67-61-52)49-39-46-55(65-49)54-45(38-48(64-54)42-27-20-17-21-28-42)57(46,32-22-13-9-11-15-24-34-59)33-23-14-10-12-16-25-35-60/h17,20-21,27-28,30-31,36-40H,3-16,18-19,22-26,29,32-35H2,1-2H3. The Labute approximate surface area is 441 Å². The zero-order valence-electron chi connectivity index (χ0n) is 40.1. The summed E-state index contributed by atoms with van der Waals surface area (Å²) < 4.78 is 11.5. The number of nitrogens with zero attached hydrogens (tertiary/aromatic N) is 2. The van der Waals surface area contributed by atoms with Gasteiger partial charge in [0.25, 0.3) is 0 Å². The van der Waals surface area contributed by atoms with Crippen molar-refractivity contribution in [2.24, 2.45) is 0 Å². The lowest BCUT2D eigenvalue weighted by Gasteiger charge is -2.31. The number of fused-ring (bicyclic) bond motifs is 4. The van der Waals surface area contributed by atoms with Gasteiger partial charge in [-0.25, -0.2) is 0 Å². The molecule has 0 atom stereocenters. The predicted octanol–water partition coefficient (Wildman–Crippen LogP) is 19.4. The third-order valence-electron chi connectivity index (χ3n) is 14.1. The monoisotopic (exact) mass is 1110 g/mol. The Morgan fingerprint density at radius 1 is 0.537 bits per heavy atom. The first-order chi connectivity index (χ1) is 33.1. The SMILES string of the molecule is CCCCCCc1csc(-c2cc(CCCCCC)c([B]c3ccc(-c4cc5c(s4)-c4sc(-c6ccccc6)cc4C5(CCCCCCCCBr)CCCCCCCCBr)c4nsnc34)s2)c1. The fourth-order valence-electron chi connectivity index (χ4n) is 10.3. The predicted molar refractivity (Wildman–Crippen MR) is 311 cm³/mol. The molecule has 7 aromatic rings. The molecule has 0 spiro atoms. The van der Waals surface area contributed by atoms with E-state index in [2.05, 4.69) is 125 Å². The van der Waals surface area contributed by atoms with Crippen LogP contribution in [0.25, 0.3) is 51.4 Å². The van der Waals surface area contributed by atoms with Gasteiger partial charge in [0, 0.05) is 50.9 Å². The maximum absolute atomic E-state index is 5.09. The Morgan fingerprint density at radius 3 is 1.81 bits per heavy atom. The highest BCUT2D eigenvalue weighted by atomic mass is 79.9. The lowest BCUT2D eigenvalue weighted by Crippen LogP contribution is -2.28. The first-order valence-electron chi connectivity index (χ1n) is 25.8. The maximum atomic E-state index is 5.09. The Hall–Kier alpha value is -1.92. The summed E-state index contributed by atoms with van der Waals surface area (Å²) in [7, 11) is 2.44. The average molecular weight is 1110 g/mol. The second-order valence-electron chi connectivity index (χ2n) is 19.0. The van der Waals surface area contributed by atoms with Crippen LogP contribution in [-0.4, -0.2) is 26.7 Å². The molecule has 0 bridgehead atoms. The van der Waals surface area contributed by atoms with Crippen LogP contribution in [0.2, 0.25) is 0 Å². The lowest BCUT2D eigenvalue weighted by atomic mass is 9.66. The Balaban J connectivity index is 1.11. The molecule has 10 heteroatoms. The van der Waals surface area contributed by atoms with Gasteiger partial charge in [-0.2, -0.15) is 8.75 Å². The molecule has 0 saturated heterocycles. The maximum Gasteiger partial charge on any atom is 0.208 e. The number of unbranched alkanes of at least 4 members (excludes halogenated alkanes) is 16. The fourth-order valence-corrected chi connectivity index (χ4v) is 16.6. The van der Waals surface area contributed by atoms with Crippen molar-refractivity contribution in [1.82, 2.24) is 8.75 Å². The van der Waals surface area contributed by atoms with E-state index in [-0.39, 0.29) is 5.41 Å². The van der Waals surface area contributed by atoms with Gasteiger partial charge in [-0.15, -0.1) is 45.3 Å². The van der Waals surface area contributed by atoms with E-state index in [1.165, 1.54) is 221 Å². The minimum absolute atomic E-state index is 0.0462. The second-order valence-corrected chi connectivity index (χ2v) is 25.2. The summed E-state index contributed by atoms with van der Waals surface area (Å²) in [6.45, 7) is 4.61. The van der Waals surface area contributed by atoms with Crippen molar-refractivity contribution in [3.8, 4) is 40.4 Å². The minimum Gasteiger partial charge on any atom is -0.174 e. The quantitative estimate of drug-likeness (QED) is 0.0246. The van der Waals surface area contributed by atoms with Crippen LogP contribution in [0.4, 0.5) is 0 Å². The van der Waals surface area contributed by atoms with Gasteiger partial charge in [-0.3, -0.25) is 0 Å². The largest absolute Gasteiger partial charge is 0.208 e. The van der Waals surface area contributed by atoms with E-state index in [0.717, 1.165) is 28.1 Å². The van der Waals surface area contributed by atoms with Gasteiger partial charge in [0.1, 0.15) is 5.52 Å². The first-order valence-corrected chi connectivity index (χ1v) is 32.1. The smallest absolute Gasteiger partial charge is 0.174 e. The van der Waals surface area contributed by atoms with Crippen LogP contribution in [0.3, 0.4) is 0 Å². The first kappa shape index (κ1) is 51.4. The molecule has 2 aromatic carbocycles. The van der Waals surface area contributed by atoms with Crippen molar-refractivity contribution in [2.45, 2.75) is 173 Å².